The van der Waals surface area contributed by atoms with Gasteiger partial charge in [-0.3, -0.25) is 9.89 Å². The molecule has 1 aromatic heterocycles. The number of likely N-dealkylation sites (N-methyl/N-ethyl adjacent to an activating group) is 1. The zero-order valence-corrected chi connectivity index (χ0v) is 15.1. The van der Waals surface area contributed by atoms with Crippen LogP contribution < -0.4 is 0 Å². The number of carbonyl (C=O) groups excluding carboxylic acids is 1. The van der Waals surface area contributed by atoms with Crippen LogP contribution in [0.15, 0.2) is 30.3 Å². The van der Waals surface area contributed by atoms with E-state index in [1.165, 1.54) is 0 Å². The molecule has 2 aliphatic rings. The van der Waals surface area contributed by atoms with Gasteiger partial charge in [-0.25, -0.2) is 4.98 Å². The molecule has 0 radical (unpaired) electrons. The summed E-state index contributed by atoms with van der Waals surface area (Å²) in [7, 11) is 2.03. The fraction of sp³-hybridized carbons (Fsp3) is 0.526. The maximum Gasteiger partial charge on any atom is 0.253 e. The monoisotopic (exact) mass is 355 g/mol. The van der Waals surface area contributed by atoms with E-state index in [1.54, 1.807) is 0 Å². The summed E-state index contributed by atoms with van der Waals surface area (Å²) in [5, 5.41) is 7.44. The number of amides is 1. The quantitative estimate of drug-likeness (QED) is 0.903. The summed E-state index contributed by atoms with van der Waals surface area (Å²) in [6.45, 7) is 3.63. The molecule has 1 amide bonds. The SMILES string of the molecule is CN1CCO[C@H](C(=O)N2CCC[C@@H](c3nc(-c4ccccc4)n[nH]3)C2)C1. The zero-order valence-electron chi connectivity index (χ0n) is 15.1. The van der Waals surface area contributed by atoms with Gasteiger partial charge in [0.05, 0.1) is 6.61 Å². The molecule has 0 aliphatic carbocycles. The van der Waals surface area contributed by atoms with Gasteiger partial charge in [0.15, 0.2) is 5.82 Å². The van der Waals surface area contributed by atoms with Gasteiger partial charge in [-0.1, -0.05) is 30.3 Å². The molecular formula is C19H25N5O2. The van der Waals surface area contributed by atoms with Crippen molar-refractivity contribution in [3.63, 3.8) is 0 Å². The highest BCUT2D eigenvalue weighted by Gasteiger charge is 2.33. The number of H-pyrrole nitrogens is 1. The Hall–Kier alpha value is -2.25. The summed E-state index contributed by atoms with van der Waals surface area (Å²) in [5.41, 5.74) is 0.998. The van der Waals surface area contributed by atoms with E-state index in [-0.39, 0.29) is 17.9 Å². The van der Waals surface area contributed by atoms with Crippen molar-refractivity contribution in [3.8, 4) is 11.4 Å². The molecule has 1 aromatic carbocycles. The van der Waals surface area contributed by atoms with E-state index in [1.807, 2.05) is 42.3 Å². The predicted octanol–water partition coefficient (Wildman–Crippen LogP) is 1.51. The Bertz CT molecular complexity index is 747. The fourth-order valence-electron chi connectivity index (χ4n) is 3.70. The number of morpholine rings is 1. The van der Waals surface area contributed by atoms with Gasteiger partial charge in [0, 0.05) is 37.7 Å². The predicted molar refractivity (Wildman–Crippen MR) is 97.6 cm³/mol. The number of benzene rings is 1. The molecule has 138 valence electrons. The van der Waals surface area contributed by atoms with Crippen molar-refractivity contribution in [1.29, 1.82) is 0 Å². The summed E-state index contributed by atoms with van der Waals surface area (Å²) in [6, 6.07) is 9.94. The Morgan fingerprint density at radius 3 is 2.88 bits per heavy atom. The molecule has 0 saturated carbocycles. The standard InChI is InChI=1S/C19H25N5O2/c1-23-10-11-26-16(13-23)19(25)24-9-5-8-15(12-24)18-20-17(21-22-18)14-6-3-2-4-7-14/h2-4,6-7,15-16H,5,8-13H2,1H3,(H,20,21,22)/t15-,16+/m1/s1. The van der Waals surface area contributed by atoms with E-state index in [9.17, 15) is 4.79 Å². The molecule has 7 heteroatoms. The van der Waals surface area contributed by atoms with Crippen molar-refractivity contribution in [2.45, 2.75) is 24.9 Å². The van der Waals surface area contributed by atoms with Gasteiger partial charge in [0.25, 0.3) is 5.91 Å². The normalized spacial score (nSPS) is 24.6. The summed E-state index contributed by atoms with van der Waals surface area (Å²) in [5.74, 6) is 1.87. The Kier molecular flexibility index (Phi) is 4.99. The van der Waals surface area contributed by atoms with Crippen LogP contribution in [0.5, 0.6) is 0 Å². The first-order chi connectivity index (χ1) is 12.7. The lowest BCUT2D eigenvalue weighted by atomic mass is 9.97. The lowest BCUT2D eigenvalue weighted by Gasteiger charge is -2.36. The molecule has 7 nitrogen and oxygen atoms in total. The van der Waals surface area contributed by atoms with E-state index in [4.69, 9.17) is 4.74 Å². The number of piperidine rings is 1. The van der Waals surface area contributed by atoms with Crippen LogP contribution in [0.2, 0.25) is 0 Å². The summed E-state index contributed by atoms with van der Waals surface area (Å²) >= 11 is 0. The molecular weight excluding hydrogens is 330 g/mol. The Balaban J connectivity index is 1.44. The van der Waals surface area contributed by atoms with Crippen LogP contribution in [0, 0.1) is 0 Å². The van der Waals surface area contributed by atoms with E-state index >= 15 is 0 Å². The third-order valence-corrected chi connectivity index (χ3v) is 5.20. The van der Waals surface area contributed by atoms with Crippen molar-refractivity contribution in [2.75, 3.05) is 39.8 Å². The van der Waals surface area contributed by atoms with Crippen LogP contribution in [-0.4, -0.2) is 76.8 Å². The van der Waals surface area contributed by atoms with Crippen molar-refractivity contribution in [2.24, 2.45) is 0 Å². The Morgan fingerprint density at radius 1 is 1.23 bits per heavy atom. The number of nitrogens with zero attached hydrogens (tertiary/aromatic N) is 4. The maximum absolute atomic E-state index is 12.8. The number of nitrogens with one attached hydrogen (secondary N) is 1. The second-order valence-electron chi connectivity index (χ2n) is 7.16. The molecule has 2 atom stereocenters. The first-order valence-electron chi connectivity index (χ1n) is 9.27. The van der Waals surface area contributed by atoms with Crippen LogP contribution >= 0.6 is 0 Å². The van der Waals surface area contributed by atoms with Gasteiger partial charge in [-0.2, -0.15) is 5.10 Å². The number of ether oxygens (including phenoxy) is 1. The van der Waals surface area contributed by atoms with Crippen LogP contribution in [-0.2, 0) is 9.53 Å². The smallest absolute Gasteiger partial charge is 0.253 e. The van der Waals surface area contributed by atoms with E-state index in [0.717, 1.165) is 37.3 Å². The number of hydrogen-bond acceptors (Lipinski definition) is 5. The molecule has 0 bridgehead atoms. The lowest BCUT2D eigenvalue weighted by molar-refractivity contribution is -0.150. The average Bonchev–Trinajstić information content (AvgIpc) is 3.18. The number of aromatic amines is 1. The average molecular weight is 355 g/mol. The molecule has 2 saturated heterocycles. The van der Waals surface area contributed by atoms with Gasteiger partial charge in [-0.05, 0) is 19.9 Å². The van der Waals surface area contributed by atoms with Gasteiger partial charge in [0.1, 0.15) is 11.9 Å². The highest BCUT2D eigenvalue weighted by molar-refractivity contribution is 5.81. The molecule has 2 aromatic rings. The lowest BCUT2D eigenvalue weighted by Crippen LogP contribution is -2.51. The van der Waals surface area contributed by atoms with Crippen LogP contribution in [0.25, 0.3) is 11.4 Å². The van der Waals surface area contributed by atoms with Gasteiger partial charge < -0.3 is 14.5 Å². The molecule has 26 heavy (non-hydrogen) atoms. The van der Waals surface area contributed by atoms with E-state index in [2.05, 4.69) is 20.1 Å². The largest absolute Gasteiger partial charge is 0.366 e. The van der Waals surface area contributed by atoms with Crippen molar-refractivity contribution < 1.29 is 9.53 Å². The Morgan fingerprint density at radius 2 is 2.08 bits per heavy atom. The second-order valence-corrected chi connectivity index (χ2v) is 7.16. The third kappa shape index (κ3) is 3.64. The Labute approximate surface area is 153 Å². The molecule has 2 fully saturated rings. The van der Waals surface area contributed by atoms with Crippen LogP contribution in [0.1, 0.15) is 24.6 Å². The molecule has 1 N–H and O–H groups in total. The van der Waals surface area contributed by atoms with Crippen molar-refractivity contribution in [1.82, 2.24) is 25.0 Å². The molecule has 0 unspecified atom stereocenters. The number of aromatic nitrogens is 3. The number of carbonyl (C=O) groups is 1. The molecule has 4 rings (SSSR count). The number of hydrogen-bond donors (Lipinski definition) is 1. The fourth-order valence-corrected chi connectivity index (χ4v) is 3.70. The highest BCUT2D eigenvalue weighted by Crippen LogP contribution is 2.27. The van der Waals surface area contributed by atoms with E-state index < -0.39 is 0 Å². The molecule has 3 heterocycles. The summed E-state index contributed by atoms with van der Waals surface area (Å²) < 4.78 is 5.70. The van der Waals surface area contributed by atoms with Gasteiger partial charge in [-0.15, -0.1) is 0 Å². The first kappa shape index (κ1) is 17.2. The molecule has 2 aliphatic heterocycles. The number of rotatable bonds is 3. The van der Waals surface area contributed by atoms with Crippen molar-refractivity contribution >= 4 is 5.91 Å². The minimum Gasteiger partial charge on any atom is -0.366 e. The topological polar surface area (TPSA) is 74.3 Å². The van der Waals surface area contributed by atoms with E-state index in [0.29, 0.717) is 25.5 Å². The highest BCUT2D eigenvalue weighted by atomic mass is 16.5. The van der Waals surface area contributed by atoms with Gasteiger partial charge in [0.2, 0.25) is 0 Å². The first-order valence-corrected chi connectivity index (χ1v) is 9.27. The van der Waals surface area contributed by atoms with Crippen LogP contribution in [0.3, 0.4) is 0 Å². The third-order valence-electron chi connectivity index (χ3n) is 5.20. The number of likely N-dealkylation sites (tertiary alicyclic amines) is 1. The summed E-state index contributed by atoms with van der Waals surface area (Å²) in [4.78, 5) is 21.6. The maximum atomic E-state index is 12.8. The summed E-state index contributed by atoms with van der Waals surface area (Å²) in [6.07, 6.45) is 1.64. The van der Waals surface area contributed by atoms with Gasteiger partial charge >= 0.3 is 0 Å². The second kappa shape index (κ2) is 7.55. The van der Waals surface area contributed by atoms with Crippen LogP contribution in [0.4, 0.5) is 0 Å². The molecule has 0 spiro atoms. The zero-order chi connectivity index (χ0) is 17.9. The van der Waals surface area contributed by atoms with Crippen molar-refractivity contribution in [3.05, 3.63) is 36.2 Å². The minimum atomic E-state index is -0.345. The minimum absolute atomic E-state index is 0.101.